The maximum atomic E-state index is 11.1. The van der Waals surface area contributed by atoms with Crippen molar-refractivity contribution in [1.29, 1.82) is 0 Å². The average Bonchev–Trinajstić information content (AvgIpc) is 2.85. The fourth-order valence-corrected chi connectivity index (χ4v) is 4.26. The standard InChI is InChI=1S/C20H17NO4/c21-16-5-10-3-1-2-4-12(10)14-7-15-13-8-18(23)17(22)6-11(13)9-20(15,24)25-19(14)16/h1-6,8,15,22-24H,7,9,21H2/t15?,20-/m0/s1. The van der Waals surface area contributed by atoms with Crippen molar-refractivity contribution < 1.29 is 20.1 Å². The van der Waals surface area contributed by atoms with Crippen LogP contribution >= 0.6 is 0 Å². The summed E-state index contributed by atoms with van der Waals surface area (Å²) < 4.78 is 6.01. The third-order valence-corrected chi connectivity index (χ3v) is 5.42. The Bertz CT molecular complexity index is 1050. The first-order valence-corrected chi connectivity index (χ1v) is 8.22. The lowest BCUT2D eigenvalue weighted by atomic mass is 9.84. The number of phenolic OH excluding ortho intramolecular Hbond substituents is 2. The van der Waals surface area contributed by atoms with Crippen molar-refractivity contribution in [2.75, 3.05) is 5.73 Å². The summed E-state index contributed by atoms with van der Waals surface area (Å²) in [5.74, 6) is -1.60. The molecule has 0 aromatic heterocycles. The second-order valence-corrected chi connectivity index (χ2v) is 6.91. The Morgan fingerprint density at radius 3 is 2.68 bits per heavy atom. The number of aromatic hydroxyl groups is 2. The Kier molecular flexibility index (Phi) is 2.64. The maximum absolute atomic E-state index is 11.1. The molecule has 3 aromatic carbocycles. The lowest BCUT2D eigenvalue weighted by Gasteiger charge is -2.37. The first-order chi connectivity index (χ1) is 12.0. The molecule has 0 saturated heterocycles. The number of rotatable bonds is 0. The molecule has 3 aromatic rings. The largest absolute Gasteiger partial charge is 0.504 e. The van der Waals surface area contributed by atoms with Gasteiger partial charge in [-0.15, -0.1) is 0 Å². The predicted molar refractivity (Wildman–Crippen MR) is 93.9 cm³/mol. The van der Waals surface area contributed by atoms with Crippen molar-refractivity contribution in [3.05, 3.63) is 59.2 Å². The van der Waals surface area contributed by atoms with Gasteiger partial charge in [-0.1, -0.05) is 24.3 Å². The Hall–Kier alpha value is -2.92. The molecule has 0 bridgehead atoms. The topological polar surface area (TPSA) is 95.9 Å². The van der Waals surface area contributed by atoms with Crippen molar-refractivity contribution >= 4 is 16.5 Å². The first kappa shape index (κ1) is 14.4. The van der Waals surface area contributed by atoms with Crippen LogP contribution in [0, 0.1) is 0 Å². The van der Waals surface area contributed by atoms with Gasteiger partial charge in [0.25, 0.3) is 0 Å². The minimum atomic E-state index is -1.42. The zero-order valence-corrected chi connectivity index (χ0v) is 13.4. The molecule has 0 saturated carbocycles. The summed E-state index contributed by atoms with van der Waals surface area (Å²) >= 11 is 0. The lowest BCUT2D eigenvalue weighted by molar-refractivity contribution is -0.154. The predicted octanol–water partition coefficient (Wildman–Crippen LogP) is 2.80. The van der Waals surface area contributed by atoms with E-state index in [1.54, 1.807) is 0 Å². The number of ether oxygens (including phenoxy) is 1. The summed E-state index contributed by atoms with van der Waals surface area (Å²) in [6.07, 6.45) is 0.793. The third kappa shape index (κ3) is 1.87. The molecule has 2 aliphatic rings. The van der Waals surface area contributed by atoms with Crippen molar-refractivity contribution in [1.82, 2.24) is 0 Å². The fraction of sp³-hybridized carbons (Fsp3) is 0.200. The molecule has 5 N–H and O–H groups in total. The molecule has 1 aliphatic carbocycles. The number of aliphatic hydroxyl groups is 1. The van der Waals surface area contributed by atoms with Crippen LogP contribution in [0.2, 0.25) is 0 Å². The molecule has 2 atom stereocenters. The van der Waals surface area contributed by atoms with Gasteiger partial charge < -0.3 is 25.8 Å². The van der Waals surface area contributed by atoms with E-state index in [-0.39, 0.29) is 23.8 Å². The summed E-state index contributed by atoms with van der Waals surface area (Å²) in [5, 5.41) is 32.8. The van der Waals surface area contributed by atoms with Gasteiger partial charge in [-0.2, -0.15) is 0 Å². The Labute approximate surface area is 143 Å². The third-order valence-electron chi connectivity index (χ3n) is 5.42. The van der Waals surface area contributed by atoms with Gasteiger partial charge in [0.05, 0.1) is 11.6 Å². The minimum absolute atomic E-state index is 0.189. The van der Waals surface area contributed by atoms with Gasteiger partial charge in [0.15, 0.2) is 11.5 Å². The quantitative estimate of drug-likeness (QED) is 0.374. The maximum Gasteiger partial charge on any atom is 0.219 e. The number of hydrogen-bond acceptors (Lipinski definition) is 5. The van der Waals surface area contributed by atoms with Gasteiger partial charge in [0, 0.05) is 12.0 Å². The van der Waals surface area contributed by atoms with Crippen molar-refractivity contribution in [3.63, 3.8) is 0 Å². The van der Waals surface area contributed by atoms with Crippen molar-refractivity contribution in [2.24, 2.45) is 0 Å². The van der Waals surface area contributed by atoms with Crippen molar-refractivity contribution in [2.45, 2.75) is 24.5 Å². The SMILES string of the molecule is Nc1cc2ccccc2c2c1O[C@@]1(O)Cc3cc(O)c(O)cc3C1C2. The Morgan fingerprint density at radius 2 is 1.84 bits per heavy atom. The number of hydrogen-bond donors (Lipinski definition) is 4. The van der Waals surface area contributed by atoms with Crippen LogP contribution in [0.25, 0.3) is 10.8 Å². The highest BCUT2D eigenvalue weighted by molar-refractivity contribution is 5.92. The zero-order valence-electron chi connectivity index (χ0n) is 13.4. The fourth-order valence-electron chi connectivity index (χ4n) is 4.26. The monoisotopic (exact) mass is 335 g/mol. The molecule has 0 radical (unpaired) electrons. The van der Waals surface area contributed by atoms with E-state index in [9.17, 15) is 15.3 Å². The van der Waals surface area contributed by atoms with E-state index in [2.05, 4.69) is 0 Å². The molecule has 5 heteroatoms. The zero-order chi connectivity index (χ0) is 17.3. The van der Waals surface area contributed by atoms with Crippen molar-refractivity contribution in [3.8, 4) is 17.2 Å². The van der Waals surface area contributed by atoms with Gasteiger partial charge in [-0.05, 0) is 46.5 Å². The molecule has 25 heavy (non-hydrogen) atoms. The summed E-state index contributed by atoms with van der Waals surface area (Å²) in [7, 11) is 0. The smallest absolute Gasteiger partial charge is 0.219 e. The van der Waals surface area contributed by atoms with Crippen LogP contribution in [0.3, 0.4) is 0 Å². The van der Waals surface area contributed by atoms with E-state index in [0.29, 0.717) is 17.9 Å². The highest BCUT2D eigenvalue weighted by Gasteiger charge is 2.51. The molecule has 1 heterocycles. The number of fused-ring (bicyclic) bond motifs is 6. The van der Waals surface area contributed by atoms with Crippen LogP contribution in [0.5, 0.6) is 17.2 Å². The normalized spacial score (nSPS) is 23.6. The molecule has 0 spiro atoms. The first-order valence-electron chi connectivity index (χ1n) is 8.22. The Morgan fingerprint density at radius 1 is 1.08 bits per heavy atom. The van der Waals surface area contributed by atoms with Crippen LogP contribution in [0.1, 0.15) is 22.6 Å². The molecular formula is C20H17NO4. The minimum Gasteiger partial charge on any atom is -0.504 e. The van der Waals surface area contributed by atoms with Gasteiger partial charge in [0.2, 0.25) is 5.79 Å². The van der Waals surface area contributed by atoms with E-state index >= 15 is 0 Å². The number of nitrogens with two attached hydrogens (primary N) is 1. The number of nitrogen functional groups attached to an aromatic ring is 1. The van der Waals surface area contributed by atoms with E-state index in [4.69, 9.17) is 10.5 Å². The van der Waals surface area contributed by atoms with Gasteiger partial charge in [-0.3, -0.25) is 0 Å². The second kappa shape index (κ2) is 4.58. The van der Waals surface area contributed by atoms with Crippen LogP contribution in [-0.4, -0.2) is 21.1 Å². The van der Waals surface area contributed by atoms with Gasteiger partial charge >= 0.3 is 0 Å². The molecule has 1 unspecified atom stereocenters. The van der Waals surface area contributed by atoms with Crippen LogP contribution in [0.4, 0.5) is 5.69 Å². The summed E-state index contributed by atoms with van der Waals surface area (Å²) in [6, 6.07) is 12.8. The van der Waals surface area contributed by atoms with Crippen LogP contribution in [0.15, 0.2) is 42.5 Å². The highest BCUT2D eigenvalue weighted by Crippen LogP contribution is 2.53. The number of benzene rings is 3. The molecular weight excluding hydrogens is 318 g/mol. The molecule has 0 fully saturated rings. The van der Waals surface area contributed by atoms with Gasteiger partial charge in [0.1, 0.15) is 5.75 Å². The van der Waals surface area contributed by atoms with E-state index in [1.165, 1.54) is 12.1 Å². The average molecular weight is 335 g/mol. The molecule has 5 rings (SSSR count). The van der Waals surface area contributed by atoms with Gasteiger partial charge in [-0.25, -0.2) is 0 Å². The van der Waals surface area contributed by atoms with E-state index in [0.717, 1.165) is 27.5 Å². The van der Waals surface area contributed by atoms with Crippen LogP contribution < -0.4 is 10.5 Å². The van der Waals surface area contributed by atoms with E-state index < -0.39 is 5.79 Å². The second-order valence-electron chi connectivity index (χ2n) is 6.91. The molecule has 1 aliphatic heterocycles. The number of anilines is 1. The van der Waals surface area contributed by atoms with E-state index in [1.807, 2.05) is 30.3 Å². The summed E-state index contributed by atoms with van der Waals surface area (Å²) in [6.45, 7) is 0. The van der Waals surface area contributed by atoms with Crippen LogP contribution in [-0.2, 0) is 12.8 Å². The Balaban J connectivity index is 1.73. The lowest BCUT2D eigenvalue weighted by Crippen LogP contribution is -2.44. The molecule has 126 valence electrons. The highest BCUT2D eigenvalue weighted by atomic mass is 16.6. The molecule has 0 amide bonds. The number of phenols is 2. The molecule has 5 nitrogen and oxygen atoms in total. The summed E-state index contributed by atoms with van der Waals surface area (Å²) in [4.78, 5) is 0. The summed E-state index contributed by atoms with van der Waals surface area (Å²) in [5.41, 5.74) is 9.23.